The number of imidazole rings is 1. The molecule has 0 bridgehead atoms. The summed E-state index contributed by atoms with van der Waals surface area (Å²) in [4.78, 5) is 28.6. The van der Waals surface area contributed by atoms with E-state index in [0.717, 1.165) is 23.1 Å². The van der Waals surface area contributed by atoms with Crippen molar-refractivity contribution >= 4 is 41.5 Å². The number of amides is 1. The van der Waals surface area contributed by atoms with Crippen molar-refractivity contribution in [3.8, 4) is 0 Å². The molecule has 0 aromatic carbocycles. The average molecular weight is 329 g/mol. The predicted molar refractivity (Wildman–Crippen MR) is 72.8 cm³/mol. The first-order valence-electron chi connectivity index (χ1n) is 5.91. The molecule has 3 aliphatic rings. The molecule has 0 N–H and O–H groups in total. The third-order valence-electron chi connectivity index (χ3n) is 3.39. The van der Waals surface area contributed by atoms with E-state index in [1.165, 1.54) is 22.1 Å². The monoisotopic (exact) mass is 329 g/mol. The zero-order valence-electron chi connectivity index (χ0n) is 11.1. The molecule has 1 fully saturated rings. The molecule has 0 aliphatic carbocycles. The summed E-state index contributed by atoms with van der Waals surface area (Å²) in [5.74, 6) is 1.19. The molecule has 6 nitrogen and oxygen atoms in total. The Morgan fingerprint density at radius 2 is 2.33 bits per heavy atom. The largest absolute Gasteiger partial charge is 1.00 e. The van der Waals surface area contributed by atoms with Crippen molar-refractivity contribution in [3.05, 3.63) is 34.4 Å². The minimum atomic E-state index is -1.31. The number of fused-ring (bicyclic) bond motifs is 2. The van der Waals surface area contributed by atoms with Crippen LogP contribution in [-0.2, 0) is 21.2 Å². The van der Waals surface area contributed by atoms with Crippen LogP contribution < -0.4 is 34.7 Å². The topological polar surface area (TPSA) is 78.3 Å². The van der Waals surface area contributed by atoms with Crippen LogP contribution in [0.1, 0.15) is 11.5 Å². The molecule has 0 radical (unpaired) electrons. The molecule has 4 heterocycles. The summed E-state index contributed by atoms with van der Waals surface area (Å²) in [6, 6.07) is 0. The zero-order valence-corrected chi connectivity index (χ0v) is 14.7. The third kappa shape index (κ3) is 2.29. The Kier molecular flexibility index (Phi) is 4.00. The van der Waals surface area contributed by atoms with E-state index in [0.29, 0.717) is 5.57 Å². The van der Waals surface area contributed by atoms with Gasteiger partial charge in [0.25, 0.3) is 5.91 Å². The SMILES string of the molecule is O=C([O-])C1=CSC2/C(=C/c3cn4c(n3)CSC4)C(=O)N12.[Na+]. The number of thioether (sulfide) groups is 2. The van der Waals surface area contributed by atoms with E-state index in [4.69, 9.17) is 0 Å². The third-order valence-corrected chi connectivity index (χ3v) is 5.39. The van der Waals surface area contributed by atoms with Crippen LogP contribution >= 0.6 is 23.5 Å². The van der Waals surface area contributed by atoms with Gasteiger partial charge in [0.1, 0.15) is 11.2 Å². The van der Waals surface area contributed by atoms with E-state index in [2.05, 4.69) is 9.55 Å². The van der Waals surface area contributed by atoms with Crippen molar-refractivity contribution in [2.24, 2.45) is 0 Å². The number of hydrogen-bond acceptors (Lipinski definition) is 6. The molecule has 102 valence electrons. The number of aliphatic carboxylic acids is 1. The van der Waals surface area contributed by atoms with Crippen LogP contribution in [0.15, 0.2) is 22.9 Å². The van der Waals surface area contributed by atoms with Gasteiger partial charge in [0.15, 0.2) is 0 Å². The van der Waals surface area contributed by atoms with Crippen LogP contribution in [0, 0.1) is 0 Å². The number of carbonyl (C=O) groups excluding carboxylic acids is 2. The van der Waals surface area contributed by atoms with Gasteiger partial charge in [-0.1, -0.05) is 0 Å². The van der Waals surface area contributed by atoms with Gasteiger partial charge < -0.3 is 14.5 Å². The van der Waals surface area contributed by atoms with Gasteiger partial charge in [-0.15, -0.1) is 23.5 Å². The van der Waals surface area contributed by atoms with Crippen LogP contribution in [0.5, 0.6) is 0 Å². The molecule has 1 saturated heterocycles. The molecule has 3 aliphatic heterocycles. The molecule has 1 amide bonds. The van der Waals surface area contributed by atoms with Crippen LogP contribution in [0.4, 0.5) is 0 Å². The summed E-state index contributed by atoms with van der Waals surface area (Å²) < 4.78 is 2.06. The number of hydrogen-bond donors (Lipinski definition) is 0. The number of carboxylic acid groups (broad SMARTS) is 1. The smallest absolute Gasteiger partial charge is 0.543 e. The number of β-lactam (4-membered cyclic amide) rings is 1. The minimum Gasteiger partial charge on any atom is -0.543 e. The molecule has 0 saturated carbocycles. The Balaban J connectivity index is 0.00000132. The number of aromatic nitrogens is 2. The normalized spacial score (nSPS) is 24.3. The number of nitrogens with zero attached hydrogens (tertiary/aromatic N) is 3. The van der Waals surface area contributed by atoms with E-state index in [1.54, 1.807) is 17.8 Å². The Hall–Kier alpha value is -0.670. The molecule has 1 unspecified atom stereocenters. The van der Waals surface area contributed by atoms with Crippen molar-refractivity contribution in [1.29, 1.82) is 0 Å². The second-order valence-electron chi connectivity index (χ2n) is 4.58. The summed E-state index contributed by atoms with van der Waals surface area (Å²) in [5, 5.41) is 12.1. The first kappa shape index (κ1) is 15.2. The van der Waals surface area contributed by atoms with Crippen LogP contribution in [0.25, 0.3) is 6.08 Å². The zero-order chi connectivity index (χ0) is 13.9. The van der Waals surface area contributed by atoms with Gasteiger partial charge in [0.2, 0.25) is 0 Å². The second kappa shape index (κ2) is 5.51. The molecule has 1 aromatic rings. The van der Waals surface area contributed by atoms with E-state index in [1.807, 2.05) is 6.20 Å². The van der Waals surface area contributed by atoms with Gasteiger partial charge in [-0.2, -0.15) is 0 Å². The van der Waals surface area contributed by atoms with Gasteiger partial charge in [0.05, 0.1) is 34.6 Å². The number of carbonyl (C=O) groups is 2. The molecule has 4 rings (SSSR count). The van der Waals surface area contributed by atoms with E-state index in [9.17, 15) is 14.7 Å². The Morgan fingerprint density at radius 1 is 1.52 bits per heavy atom. The maximum absolute atomic E-state index is 12.0. The predicted octanol–water partition coefficient (Wildman–Crippen LogP) is -3.02. The van der Waals surface area contributed by atoms with Gasteiger partial charge >= 0.3 is 29.6 Å². The molecule has 0 spiro atoms. The number of rotatable bonds is 2. The van der Waals surface area contributed by atoms with Crippen molar-refractivity contribution in [2.75, 3.05) is 0 Å². The average Bonchev–Trinajstić information content (AvgIpc) is 3.07. The van der Waals surface area contributed by atoms with E-state index >= 15 is 0 Å². The Labute approximate surface area is 150 Å². The molecule has 1 aromatic heterocycles. The maximum Gasteiger partial charge on any atom is 1.00 e. The first-order valence-corrected chi connectivity index (χ1v) is 8.01. The van der Waals surface area contributed by atoms with Crippen molar-refractivity contribution in [3.63, 3.8) is 0 Å². The summed E-state index contributed by atoms with van der Waals surface area (Å²) in [6.07, 6.45) is 3.67. The summed E-state index contributed by atoms with van der Waals surface area (Å²) in [7, 11) is 0. The molecule has 1 atom stereocenters. The van der Waals surface area contributed by atoms with Gasteiger partial charge in [-0.25, -0.2) is 4.98 Å². The van der Waals surface area contributed by atoms with Crippen LogP contribution in [-0.4, -0.2) is 31.7 Å². The summed E-state index contributed by atoms with van der Waals surface area (Å²) in [6.45, 7) is 0. The first-order chi connectivity index (χ1) is 9.65. The van der Waals surface area contributed by atoms with Crippen molar-refractivity contribution < 1.29 is 44.3 Å². The Morgan fingerprint density at radius 3 is 3.05 bits per heavy atom. The fraction of sp³-hybridized carbons (Fsp3) is 0.250. The molecular formula is C12H8N3NaO3S2. The van der Waals surface area contributed by atoms with Gasteiger partial charge in [-0.05, 0) is 11.5 Å². The molecule has 21 heavy (non-hydrogen) atoms. The number of carboxylic acids is 1. The van der Waals surface area contributed by atoms with Crippen LogP contribution in [0.2, 0.25) is 0 Å². The fourth-order valence-electron chi connectivity index (χ4n) is 2.43. The van der Waals surface area contributed by atoms with Crippen molar-refractivity contribution in [2.45, 2.75) is 17.0 Å². The van der Waals surface area contributed by atoms with Crippen LogP contribution in [0.3, 0.4) is 0 Å². The molecular weight excluding hydrogens is 321 g/mol. The summed E-state index contributed by atoms with van der Waals surface area (Å²) in [5.41, 5.74) is 1.30. The fourth-order valence-corrected chi connectivity index (χ4v) is 4.47. The Bertz CT molecular complexity index is 691. The minimum absolute atomic E-state index is 0. The standard InChI is InChI=1S/C12H9N3O3S2.Na/c16-10-7(11-15(10)8(3-20-11)12(17)18)1-6-2-14-5-19-4-9(14)13-6;/h1-3,11H,4-5H2,(H,17,18);/q;+1/p-1/b7-1+;. The molecule has 9 heteroatoms. The van der Waals surface area contributed by atoms with E-state index < -0.39 is 5.97 Å². The second-order valence-corrected chi connectivity index (χ2v) is 6.49. The maximum atomic E-state index is 12.0. The van der Waals surface area contributed by atoms with Crippen molar-refractivity contribution in [1.82, 2.24) is 14.5 Å². The van der Waals surface area contributed by atoms with E-state index in [-0.39, 0.29) is 46.5 Å². The van der Waals surface area contributed by atoms with Gasteiger partial charge in [0, 0.05) is 6.20 Å². The quantitative estimate of drug-likeness (QED) is 0.327. The van der Waals surface area contributed by atoms with Gasteiger partial charge in [-0.3, -0.25) is 9.69 Å². The summed E-state index contributed by atoms with van der Waals surface area (Å²) >= 11 is 3.10.